The predicted octanol–water partition coefficient (Wildman–Crippen LogP) is 5.45. The maximum absolute atomic E-state index is 10.8. The minimum atomic E-state index is -0.215. The van der Waals surface area contributed by atoms with Crippen LogP contribution in [0.1, 0.15) is 58.2 Å². The van der Waals surface area contributed by atoms with E-state index in [1.54, 1.807) is 24.4 Å². The molecule has 2 aromatic rings. The van der Waals surface area contributed by atoms with Crippen molar-refractivity contribution in [1.29, 1.82) is 0 Å². The molecule has 0 aromatic heterocycles. The molecule has 0 amide bonds. The van der Waals surface area contributed by atoms with Crippen LogP contribution in [0.3, 0.4) is 0 Å². The van der Waals surface area contributed by atoms with Gasteiger partial charge in [-0.3, -0.25) is 4.99 Å². The molecule has 2 rings (SSSR count). The molecular weight excluding hydrogens is 326 g/mol. The number of hydrogen-bond donors (Lipinski definition) is 2. The van der Waals surface area contributed by atoms with Crippen molar-refractivity contribution in [3.63, 3.8) is 0 Å². The fraction of sp³-hybridized carbons (Fsp3) is 0.409. The van der Waals surface area contributed by atoms with Crippen molar-refractivity contribution in [1.82, 2.24) is 0 Å². The van der Waals surface area contributed by atoms with Crippen LogP contribution in [0.15, 0.2) is 35.3 Å². The number of para-hydroxylation sites is 1. The first kappa shape index (κ1) is 19.8. The summed E-state index contributed by atoms with van der Waals surface area (Å²) >= 11 is 0. The number of methoxy groups -OCH3 is 1. The highest BCUT2D eigenvalue weighted by atomic mass is 16.5. The number of hydrogen-bond acceptors (Lipinski definition) is 4. The van der Waals surface area contributed by atoms with E-state index in [0.717, 1.165) is 11.1 Å². The zero-order chi connectivity index (χ0) is 19.7. The number of rotatable bonds is 3. The van der Waals surface area contributed by atoms with Gasteiger partial charge in [-0.2, -0.15) is 0 Å². The van der Waals surface area contributed by atoms with Gasteiger partial charge in [-0.05, 0) is 34.6 Å². The summed E-state index contributed by atoms with van der Waals surface area (Å²) in [6.45, 7) is 12.6. The number of aliphatic imine (C=N–C) groups is 1. The van der Waals surface area contributed by atoms with Crippen molar-refractivity contribution in [2.45, 2.75) is 52.4 Å². The second-order valence-electron chi connectivity index (χ2n) is 8.55. The lowest BCUT2D eigenvalue weighted by molar-refractivity contribution is 0.373. The van der Waals surface area contributed by atoms with Gasteiger partial charge in [0.05, 0.1) is 7.11 Å². The van der Waals surface area contributed by atoms with Crippen LogP contribution in [-0.2, 0) is 10.8 Å². The zero-order valence-corrected chi connectivity index (χ0v) is 16.7. The molecule has 0 unspecified atom stereocenters. The van der Waals surface area contributed by atoms with Crippen LogP contribution in [0.4, 0.5) is 5.69 Å². The van der Waals surface area contributed by atoms with Gasteiger partial charge in [0.1, 0.15) is 11.4 Å². The molecule has 0 aliphatic rings. The quantitative estimate of drug-likeness (QED) is 0.719. The molecule has 0 aliphatic heterocycles. The Hall–Kier alpha value is -2.49. The molecule has 0 saturated heterocycles. The molecule has 0 heterocycles. The third-order valence-corrected chi connectivity index (χ3v) is 4.36. The Morgan fingerprint density at radius 2 is 1.58 bits per heavy atom. The Bertz CT molecular complexity index is 825. The lowest BCUT2D eigenvalue weighted by Gasteiger charge is -2.26. The lowest BCUT2D eigenvalue weighted by Crippen LogP contribution is -2.16. The highest BCUT2D eigenvalue weighted by molar-refractivity contribution is 5.87. The van der Waals surface area contributed by atoms with Gasteiger partial charge >= 0.3 is 0 Å². The highest BCUT2D eigenvalue weighted by Gasteiger charge is 2.24. The Kier molecular flexibility index (Phi) is 5.36. The summed E-state index contributed by atoms with van der Waals surface area (Å²) in [5, 5.41) is 21.0. The van der Waals surface area contributed by atoms with Crippen LogP contribution in [-0.4, -0.2) is 23.5 Å². The number of phenolic OH excluding ortho intramolecular Hbond substituents is 2. The van der Waals surface area contributed by atoms with E-state index >= 15 is 0 Å². The second-order valence-corrected chi connectivity index (χ2v) is 8.55. The number of phenols is 2. The molecule has 0 atom stereocenters. The van der Waals surface area contributed by atoms with Gasteiger partial charge in [0.25, 0.3) is 0 Å². The molecule has 0 bridgehead atoms. The predicted molar refractivity (Wildman–Crippen MR) is 107 cm³/mol. The molecule has 0 saturated carbocycles. The van der Waals surface area contributed by atoms with Crippen molar-refractivity contribution in [3.8, 4) is 17.2 Å². The van der Waals surface area contributed by atoms with Crippen LogP contribution in [0.25, 0.3) is 0 Å². The van der Waals surface area contributed by atoms with Crippen molar-refractivity contribution in [3.05, 3.63) is 47.0 Å². The van der Waals surface area contributed by atoms with Crippen LogP contribution >= 0.6 is 0 Å². The normalized spacial score (nSPS) is 12.6. The molecule has 26 heavy (non-hydrogen) atoms. The van der Waals surface area contributed by atoms with E-state index < -0.39 is 0 Å². The van der Waals surface area contributed by atoms with Gasteiger partial charge in [0.15, 0.2) is 11.5 Å². The van der Waals surface area contributed by atoms with Crippen LogP contribution in [0.5, 0.6) is 17.2 Å². The van der Waals surface area contributed by atoms with Gasteiger partial charge in [-0.25, -0.2) is 0 Å². The van der Waals surface area contributed by atoms with Gasteiger partial charge < -0.3 is 14.9 Å². The highest BCUT2D eigenvalue weighted by Crippen LogP contribution is 2.41. The molecule has 0 radical (unpaired) electrons. The summed E-state index contributed by atoms with van der Waals surface area (Å²) in [7, 11) is 1.50. The number of nitrogens with zero attached hydrogens (tertiary/aromatic N) is 1. The van der Waals surface area contributed by atoms with E-state index in [0.29, 0.717) is 17.0 Å². The molecule has 2 aromatic carbocycles. The van der Waals surface area contributed by atoms with Crippen LogP contribution < -0.4 is 4.74 Å². The average Bonchev–Trinajstić information content (AvgIpc) is 2.52. The maximum Gasteiger partial charge on any atom is 0.166 e. The maximum atomic E-state index is 10.8. The molecule has 140 valence electrons. The molecule has 4 heteroatoms. The minimum Gasteiger partial charge on any atom is -0.505 e. The number of ether oxygens (including phenoxy) is 1. The molecule has 4 nitrogen and oxygen atoms in total. The fourth-order valence-corrected chi connectivity index (χ4v) is 2.67. The summed E-state index contributed by atoms with van der Waals surface area (Å²) < 4.78 is 5.13. The largest absolute Gasteiger partial charge is 0.505 e. The van der Waals surface area contributed by atoms with Gasteiger partial charge in [-0.1, -0.05) is 53.7 Å². The molecule has 0 fully saturated rings. The van der Waals surface area contributed by atoms with E-state index in [4.69, 9.17) is 4.74 Å². The molecule has 0 spiro atoms. The van der Waals surface area contributed by atoms with E-state index in [9.17, 15) is 10.2 Å². The first-order chi connectivity index (χ1) is 11.9. The van der Waals surface area contributed by atoms with E-state index in [1.165, 1.54) is 7.11 Å². The lowest BCUT2D eigenvalue weighted by atomic mass is 9.80. The molecular formula is C22H29NO3. The van der Waals surface area contributed by atoms with E-state index in [-0.39, 0.29) is 22.3 Å². The van der Waals surface area contributed by atoms with Crippen molar-refractivity contribution in [2.24, 2.45) is 4.99 Å². The Labute approximate surface area is 156 Å². The standard InChI is InChI=1S/C22H29NO3/c1-21(2,3)15-11-16(22(4,5)6)20(25)17(12-15)23-13-14-9-8-10-18(26-7)19(14)24/h8-13,24-25H,1-7H3. The number of benzene rings is 2. The average molecular weight is 355 g/mol. The summed E-state index contributed by atoms with van der Waals surface area (Å²) in [6, 6.07) is 9.17. The molecule has 0 aliphatic carbocycles. The van der Waals surface area contributed by atoms with E-state index in [2.05, 4.69) is 52.6 Å². The Morgan fingerprint density at radius 1 is 0.923 bits per heavy atom. The minimum absolute atomic E-state index is 0.0289. The van der Waals surface area contributed by atoms with Crippen molar-refractivity contribution >= 4 is 11.9 Å². The second kappa shape index (κ2) is 7.02. The van der Waals surface area contributed by atoms with Crippen molar-refractivity contribution in [2.75, 3.05) is 7.11 Å². The first-order valence-corrected chi connectivity index (χ1v) is 8.73. The monoisotopic (exact) mass is 355 g/mol. The topological polar surface area (TPSA) is 62.0 Å². The van der Waals surface area contributed by atoms with Gasteiger partial charge in [0, 0.05) is 17.3 Å². The van der Waals surface area contributed by atoms with Crippen LogP contribution in [0.2, 0.25) is 0 Å². The third-order valence-electron chi connectivity index (χ3n) is 4.36. The van der Waals surface area contributed by atoms with E-state index in [1.807, 2.05) is 6.07 Å². The summed E-state index contributed by atoms with van der Waals surface area (Å²) in [5.41, 5.74) is 2.69. The summed E-state index contributed by atoms with van der Waals surface area (Å²) in [5.74, 6) is 0.586. The fourth-order valence-electron chi connectivity index (χ4n) is 2.67. The first-order valence-electron chi connectivity index (χ1n) is 8.73. The molecule has 2 N–H and O–H groups in total. The van der Waals surface area contributed by atoms with Crippen LogP contribution in [0, 0.1) is 0 Å². The summed E-state index contributed by atoms with van der Waals surface area (Å²) in [6.07, 6.45) is 1.55. The van der Waals surface area contributed by atoms with Crippen molar-refractivity contribution < 1.29 is 14.9 Å². The Morgan fingerprint density at radius 3 is 2.12 bits per heavy atom. The Balaban J connectivity index is 2.59. The third kappa shape index (κ3) is 4.18. The smallest absolute Gasteiger partial charge is 0.166 e. The number of aromatic hydroxyl groups is 2. The SMILES string of the molecule is COc1cccc(C=Nc2cc(C(C)(C)C)cc(C(C)(C)C)c2O)c1O. The zero-order valence-electron chi connectivity index (χ0n) is 16.7. The van der Waals surface area contributed by atoms with Gasteiger partial charge in [-0.15, -0.1) is 0 Å². The van der Waals surface area contributed by atoms with Gasteiger partial charge in [0.2, 0.25) is 0 Å². The summed E-state index contributed by atoms with van der Waals surface area (Å²) in [4.78, 5) is 4.47.